The van der Waals surface area contributed by atoms with Crippen LogP contribution in [0.1, 0.15) is 40.0 Å². The fourth-order valence-corrected chi connectivity index (χ4v) is 6.75. The Morgan fingerprint density at radius 3 is 2.78 bits per heavy atom. The summed E-state index contributed by atoms with van der Waals surface area (Å²) >= 11 is 1.44. The summed E-state index contributed by atoms with van der Waals surface area (Å²) in [6.07, 6.45) is 1.37. The van der Waals surface area contributed by atoms with E-state index in [0.717, 1.165) is 29.7 Å². The number of aromatic nitrogens is 3. The summed E-state index contributed by atoms with van der Waals surface area (Å²) in [5, 5.41) is 0. The Morgan fingerprint density at radius 2 is 2.03 bits per heavy atom. The first-order chi connectivity index (χ1) is 17.2. The Morgan fingerprint density at radius 1 is 1.25 bits per heavy atom. The third-order valence-corrected chi connectivity index (χ3v) is 8.28. The van der Waals surface area contributed by atoms with E-state index in [0.29, 0.717) is 57.7 Å². The molecule has 6 heterocycles. The maximum atomic E-state index is 14.2. The largest absolute Gasteiger partial charge is 0.461 e. The second-order valence-corrected chi connectivity index (χ2v) is 12.2. The average molecular weight is 521 g/mol. The SMILES string of the molecule is CC(C)(C)OC(=O)N1C2COCC1CN(c1nc(OC[C@@]34CCCN3C[C@H](F)C4)nc3scnc13)C2. The highest BCUT2D eigenvalue weighted by Crippen LogP contribution is 2.40. The molecule has 12 heteroatoms. The summed E-state index contributed by atoms with van der Waals surface area (Å²) < 4.78 is 31.8. The van der Waals surface area contributed by atoms with E-state index in [1.54, 1.807) is 5.51 Å². The number of halogens is 1. The molecule has 0 spiro atoms. The van der Waals surface area contributed by atoms with Crippen LogP contribution in [0.5, 0.6) is 6.01 Å². The molecule has 0 N–H and O–H groups in total. The van der Waals surface area contributed by atoms with Crippen molar-refractivity contribution >= 4 is 33.6 Å². The first-order valence-corrected chi connectivity index (χ1v) is 13.6. The maximum absolute atomic E-state index is 14.2. The first kappa shape index (κ1) is 24.1. The zero-order chi connectivity index (χ0) is 25.1. The lowest BCUT2D eigenvalue weighted by Crippen LogP contribution is -2.66. The van der Waals surface area contributed by atoms with Crippen LogP contribution < -0.4 is 9.64 Å². The van der Waals surface area contributed by atoms with Crippen molar-refractivity contribution in [2.24, 2.45) is 0 Å². The van der Waals surface area contributed by atoms with Gasteiger partial charge >= 0.3 is 12.1 Å². The molecule has 4 aliphatic rings. The second kappa shape index (κ2) is 8.91. The Labute approximate surface area is 213 Å². The molecule has 6 rings (SSSR count). The minimum absolute atomic E-state index is 0.161. The average Bonchev–Trinajstić information content (AvgIpc) is 3.49. The lowest BCUT2D eigenvalue weighted by Gasteiger charge is -2.49. The molecule has 0 aromatic carbocycles. The van der Waals surface area contributed by atoms with Gasteiger partial charge in [-0.1, -0.05) is 0 Å². The minimum Gasteiger partial charge on any atom is -0.461 e. The van der Waals surface area contributed by atoms with Crippen molar-refractivity contribution in [2.75, 3.05) is 50.9 Å². The van der Waals surface area contributed by atoms with E-state index in [4.69, 9.17) is 19.2 Å². The smallest absolute Gasteiger partial charge is 0.411 e. The van der Waals surface area contributed by atoms with Gasteiger partial charge in [0.15, 0.2) is 10.6 Å². The summed E-state index contributed by atoms with van der Waals surface area (Å²) in [6, 6.07) is -0.0289. The topological polar surface area (TPSA) is 93.1 Å². The molecule has 2 aromatic heterocycles. The zero-order valence-electron chi connectivity index (χ0n) is 21.0. The third-order valence-electron chi connectivity index (χ3n) is 7.56. The molecule has 2 aromatic rings. The minimum atomic E-state index is -0.808. The monoisotopic (exact) mass is 520 g/mol. The number of carbonyl (C=O) groups is 1. The predicted octanol–water partition coefficient (Wildman–Crippen LogP) is 2.87. The van der Waals surface area contributed by atoms with E-state index in [1.165, 1.54) is 11.3 Å². The maximum Gasteiger partial charge on any atom is 0.411 e. The second-order valence-electron chi connectivity index (χ2n) is 11.3. The lowest BCUT2D eigenvalue weighted by atomic mass is 9.95. The van der Waals surface area contributed by atoms with Gasteiger partial charge in [-0.05, 0) is 40.2 Å². The number of carbonyl (C=O) groups excluding carboxylic acids is 1. The van der Waals surface area contributed by atoms with E-state index in [2.05, 4.69) is 19.8 Å². The van der Waals surface area contributed by atoms with Crippen LogP contribution in [0.25, 0.3) is 10.3 Å². The summed E-state index contributed by atoms with van der Waals surface area (Å²) in [7, 11) is 0. The summed E-state index contributed by atoms with van der Waals surface area (Å²) in [5.41, 5.74) is 1.65. The molecule has 4 aliphatic heterocycles. The van der Waals surface area contributed by atoms with Gasteiger partial charge in [0, 0.05) is 26.1 Å². The Kier molecular flexibility index (Phi) is 5.95. The number of morpholine rings is 1. The van der Waals surface area contributed by atoms with Gasteiger partial charge in [-0.15, -0.1) is 11.3 Å². The molecule has 196 valence electrons. The summed E-state index contributed by atoms with van der Waals surface area (Å²) in [4.78, 5) is 33.9. The van der Waals surface area contributed by atoms with Crippen molar-refractivity contribution in [3.8, 4) is 6.01 Å². The highest BCUT2D eigenvalue weighted by Gasteiger charge is 2.49. The number of nitrogens with zero attached hydrogens (tertiary/aromatic N) is 6. The van der Waals surface area contributed by atoms with Crippen LogP contribution in [-0.4, -0.2) is 106 Å². The molecule has 4 fully saturated rings. The van der Waals surface area contributed by atoms with Crippen LogP contribution in [0, 0.1) is 0 Å². The first-order valence-electron chi connectivity index (χ1n) is 12.7. The van der Waals surface area contributed by atoms with Crippen LogP contribution >= 0.6 is 11.3 Å². The quantitative estimate of drug-likeness (QED) is 0.603. The van der Waals surface area contributed by atoms with Gasteiger partial charge in [0.25, 0.3) is 0 Å². The predicted molar refractivity (Wildman–Crippen MR) is 132 cm³/mol. The van der Waals surface area contributed by atoms with Crippen molar-refractivity contribution in [3.63, 3.8) is 0 Å². The summed E-state index contributed by atoms with van der Waals surface area (Å²) in [6.45, 7) is 9.35. The van der Waals surface area contributed by atoms with E-state index >= 15 is 0 Å². The molecular weight excluding hydrogens is 487 g/mol. The van der Waals surface area contributed by atoms with Crippen LogP contribution in [0.2, 0.25) is 0 Å². The normalized spacial score (nSPS) is 30.6. The molecule has 2 unspecified atom stereocenters. The molecule has 36 heavy (non-hydrogen) atoms. The Balaban J connectivity index is 1.24. The number of anilines is 1. The van der Waals surface area contributed by atoms with Gasteiger partial charge in [0.05, 0.1) is 36.3 Å². The number of rotatable bonds is 4. The fourth-order valence-electron chi connectivity index (χ4n) is 6.11. The highest BCUT2D eigenvalue weighted by molar-refractivity contribution is 7.16. The highest BCUT2D eigenvalue weighted by atomic mass is 32.1. The number of fused-ring (bicyclic) bond motifs is 4. The molecule has 0 radical (unpaired) electrons. The van der Waals surface area contributed by atoms with Gasteiger partial charge in [0.1, 0.15) is 23.9 Å². The van der Waals surface area contributed by atoms with Gasteiger partial charge in [-0.2, -0.15) is 9.97 Å². The molecule has 10 nitrogen and oxygen atoms in total. The van der Waals surface area contributed by atoms with Crippen molar-refractivity contribution < 1.29 is 23.4 Å². The number of hydrogen-bond donors (Lipinski definition) is 0. The number of ether oxygens (including phenoxy) is 3. The van der Waals surface area contributed by atoms with Crippen molar-refractivity contribution in [1.29, 1.82) is 0 Å². The van der Waals surface area contributed by atoms with Crippen molar-refractivity contribution in [1.82, 2.24) is 24.8 Å². The fraction of sp³-hybridized carbons (Fsp3) is 0.750. The van der Waals surface area contributed by atoms with Gasteiger partial charge in [-0.3, -0.25) is 9.80 Å². The van der Waals surface area contributed by atoms with Gasteiger partial charge < -0.3 is 19.1 Å². The summed E-state index contributed by atoms with van der Waals surface area (Å²) in [5.74, 6) is 0.701. The zero-order valence-corrected chi connectivity index (χ0v) is 21.8. The molecule has 4 atom stereocenters. The molecule has 1 amide bonds. The van der Waals surface area contributed by atoms with Crippen LogP contribution in [0.3, 0.4) is 0 Å². The van der Waals surface area contributed by atoms with Gasteiger partial charge in [0.2, 0.25) is 0 Å². The van der Waals surface area contributed by atoms with Crippen molar-refractivity contribution in [2.45, 2.75) is 69.4 Å². The van der Waals surface area contributed by atoms with Crippen molar-refractivity contribution in [3.05, 3.63) is 5.51 Å². The van der Waals surface area contributed by atoms with E-state index < -0.39 is 11.8 Å². The van der Waals surface area contributed by atoms with Crippen LogP contribution in [0.4, 0.5) is 15.0 Å². The van der Waals surface area contributed by atoms with E-state index in [-0.39, 0.29) is 23.7 Å². The lowest BCUT2D eigenvalue weighted by molar-refractivity contribution is -0.0665. The van der Waals surface area contributed by atoms with Gasteiger partial charge in [-0.25, -0.2) is 14.2 Å². The number of piperazine rings is 1. The third kappa shape index (κ3) is 4.37. The Hall–Kier alpha value is -2.31. The molecule has 2 bridgehead atoms. The molecule has 0 saturated carbocycles. The van der Waals surface area contributed by atoms with E-state index in [1.807, 2.05) is 25.7 Å². The van der Waals surface area contributed by atoms with Crippen LogP contribution in [0.15, 0.2) is 5.51 Å². The number of hydrogen-bond acceptors (Lipinski definition) is 10. The molecular formula is C24H33FN6O4S. The molecule has 0 aliphatic carbocycles. The standard InChI is InChI=1S/C24H33FN6O4S/c1-23(2,3)35-22(32)31-16-9-29(10-17(31)12-33-11-16)19-18-20(36-14-26-18)28-21(27-19)34-13-24-5-4-6-30(24)8-15(25)7-24/h14-17H,4-13H2,1-3H3/t15-,16?,17?,24+/m1/s1. The van der Waals surface area contributed by atoms with Crippen LogP contribution in [-0.2, 0) is 9.47 Å². The number of alkyl halides is 1. The number of thiazole rings is 1. The molecule has 4 saturated heterocycles. The van der Waals surface area contributed by atoms with E-state index in [9.17, 15) is 9.18 Å². The number of amides is 1. The Bertz CT molecular complexity index is 1130.